The van der Waals surface area contributed by atoms with E-state index in [0.717, 1.165) is 24.3 Å². The summed E-state index contributed by atoms with van der Waals surface area (Å²) < 4.78 is 0. The number of rotatable bonds is 4. The highest BCUT2D eigenvalue weighted by Crippen LogP contribution is 2.35. The number of allylic oxidation sites excluding steroid dienone is 1. The summed E-state index contributed by atoms with van der Waals surface area (Å²) in [6, 6.07) is 0. The standard InChI is InChI=1S/C13H21NO2S/c1-10(11-2-3-11)8-12(15)14-9-13(16)4-6-17-7-5-13/h8,11,16H,2-7,9H2,1H3,(H,14,15). The van der Waals surface area contributed by atoms with Crippen molar-refractivity contribution in [1.29, 1.82) is 0 Å². The monoisotopic (exact) mass is 255 g/mol. The van der Waals surface area contributed by atoms with Crippen LogP contribution >= 0.6 is 11.8 Å². The lowest BCUT2D eigenvalue weighted by atomic mass is 9.97. The molecule has 2 fully saturated rings. The lowest BCUT2D eigenvalue weighted by molar-refractivity contribution is -0.117. The topological polar surface area (TPSA) is 49.3 Å². The fraction of sp³-hybridized carbons (Fsp3) is 0.769. The smallest absolute Gasteiger partial charge is 0.244 e. The minimum absolute atomic E-state index is 0.0546. The fourth-order valence-electron chi connectivity index (χ4n) is 2.09. The molecule has 17 heavy (non-hydrogen) atoms. The van der Waals surface area contributed by atoms with Gasteiger partial charge >= 0.3 is 0 Å². The zero-order valence-electron chi connectivity index (χ0n) is 10.4. The van der Waals surface area contributed by atoms with E-state index in [1.54, 1.807) is 6.08 Å². The summed E-state index contributed by atoms with van der Waals surface area (Å²) >= 11 is 1.87. The maximum Gasteiger partial charge on any atom is 0.244 e. The minimum atomic E-state index is -0.678. The highest BCUT2D eigenvalue weighted by molar-refractivity contribution is 7.99. The first kappa shape index (κ1) is 13.0. The van der Waals surface area contributed by atoms with E-state index in [-0.39, 0.29) is 5.91 Å². The summed E-state index contributed by atoms with van der Waals surface area (Å²) in [6.45, 7) is 2.41. The largest absolute Gasteiger partial charge is 0.388 e. The Morgan fingerprint density at radius 3 is 2.71 bits per heavy atom. The number of carbonyl (C=O) groups is 1. The summed E-state index contributed by atoms with van der Waals surface area (Å²) in [6.07, 6.45) is 5.69. The van der Waals surface area contributed by atoms with Crippen LogP contribution in [0.2, 0.25) is 0 Å². The van der Waals surface area contributed by atoms with Crippen LogP contribution in [0.3, 0.4) is 0 Å². The third-order valence-corrected chi connectivity index (χ3v) is 4.58. The van der Waals surface area contributed by atoms with Gasteiger partial charge in [-0.1, -0.05) is 5.57 Å². The molecule has 1 saturated heterocycles. The quantitative estimate of drug-likeness (QED) is 0.752. The molecule has 4 heteroatoms. The predicted octanol–water partition coefficient (Wildman–Crippen LogP) is 1.72. The number of amides is 1. The lowest BCUT2D eigenvalue weighted by Crippen LogP contribution is -2.45. The number of thioether (sulfide) groups is 1. The molecule has 0 spiro atoms. The third kappa shape index (κ3) is 4.03. The van der Waals surface area contributed by atoms with Gasteiger partial charge in [0.2, 0.25) is 5.91 Å². The van der Waals surface area contributed by atoms with Gasteiger partial charge in [-0.2, -0.15) is 11.8 Å². The Labute approximate surface area is 107 Å². The minimum Gasteiger partial charge on any atom is -0.388 e. The maximum absolute atomic E-state index is 11.7. The van der Waals surface area contributed by atoms with Crippen molar-refractivity contribution in [3.8, 4) is 0 Å². The Hall–Kier alpha value is -0.480. The average Bonchev–Trinajstić information content (AvgIpc) is 3.11. The molecule has 2 rings (SSSR count). The molecule has 0 aromatic heterocycles. The van der Waals surface area contributed by atoms with E-state index in [4.69, 9.17) is 0 Å². The zero-order valence-corrected chi connectivity index (χ0v) is 11.2. The molecule has 3 nitrogen and oxygen atoms in total. The summed E-state index contributed by atoms with van der Waals surface area (Å²) in [7, 11) is 0. The van der Waals surface area contributed by atoms with Crippen molar-refractivity contribution < 1.29 is 9.90 Å². The summed E-state index contributed by atoms with van der Waals surface area (Å²) in [5.74, 6) is 2.56. The normalized spacial score (nSPS) is 24.5. The molecule has 1 heterocycles. The van der Waals surface area contributed by atoms with Crippen LogP contribution in [0.4, 0.5) is 0 Å². The van der Waals surface area contributed by atoms with E-state index in [9.17, 15) is 9.90 Å². The first-order valence-electron chi connectivity index (χ1n) is 6.35. The van der Waals surface area contributed by atoms with Gasteiger partial charge in [0.15, 0.2) is 0 Å². The molecule has 2 aliphatic rings. The summed E-state index contributed by atoms with van der Waals surface area (Å²) in [5.41, 5.74) is 0.496. The highest BCUT2D eigenvalue weighted by atomic mass is 32.2. The Kier molecular flexibility index (Phi) is 4.15. The van der Waals surface area contributed by atoms with Crippen LogP contribution in [-0.2, 0) is 4.79 Å². The van der Waals surface area contributed by atoms with Gasteiger partial charge in [-0.25, -0.2) is 0 Å². The Morgan fingerprint density at radius 2 is 2.12 bits per heavy atom. The third-order valence-electron chi connectivity index (χ3n) is 3.60. The van der Waals surface area contributed by atoms with Gasteiger partial charge in [0.05, 0.1) is 5.60 Å². The Morgan fingerprint density at radius 1 is 1.47 bits per heavy atom. The number of nitrogens with one attached hydrogen (secondary N) is 1. The second-order valence-corrected chi connectivity index (χ2v) is 6.44. The molecule has 1 aliphatic carbocycles. The van der Waals surface area contributed by atoms with Crippen LogP contribution in [0.15, 0.2) is 11.6 Å². The molecule has 1 amide bonds. The van der Waals surface area contributed by atoms with Crippen LogP contribution in [0.5, 0.6) is 0 Å². The zero-order chi connectivity index (χ0) is 12.3. The van der Waals surface area contributed by atoms with Crippen molar-refractivity contribution >= 4 is 17.7 Å². The van der Waals surface area contributed by atoms with E-state index < -0.39 is 5.60 Å². The molecule has 0 radical (unpaired) electrons. The van der Waals surface area contributed by atoms with Crippen LogP contribution in [0.25, 0.3) is 0 Å². The Bertz CT molecular complexity index is 317. The van der Waals surface area contributed by atoms with Gasteiger partial charge in [-0.05, 0) is 50.0 Å². The van der Waals surface area contributed by atoms with E-state index in [0.29, 0.717) is 12.5 Å². The molecular formula is C13H21NO2S. The first-order valence-corrected chi connectivity index (χ1v) is 7.51. The van der Waals surface area contributed by atoms with Crippen molar-refractivity contribution in [2.45, 2.75) is 38.2 Å². The van der Waals surface area contributed by atoms with Crippen LogP contribution in [-0.4, -0.2) is 34.7 Å². The van der Waals surface area contributed by atoms with Crippen molar-refractivity contribution in [3.63, 3.8) is 0 Å². The van der Waals surface area contributed by atoms with E-state index in [2.05, 4.69) is 5.32 Å². The van der Waals surface area contributed by atoms with Gasteiger partial charge in [0.1, 0.15) is 0 Å². The molecule has 0 unspecified atom stereocenters. The Balaban J connectivity index is 1.76. The first-order chi connectivity index (χ1) is 8.09. The fourth-order valence-corrected chi connectivity index (χ4v) is 3.35. The van der Waals surface area contributed by atoms with Crippen LogP contribution < -0.4 is 5.32 Å². The van der Waals surface area contributed by atoms with Gasteiger partial charge < -0.3 is 10.4 Å². The SMILES string of the molecule is CC(=CC(=O)NCC1(O)CCSCC1)C1CC1. The number of aliphatic hydroxyl groups is 1. The second kappa shape index (κ2) is 5.44. The molecule has 0 aromatic rings. The van der Waals surface area contributed by atoms with Crippen molar-refractivity contribution in [1.82, 2.24) is 5.32 Å². The molecule has 2 N–H and O–H groups in total. The van der Waals surface area contributed by atoms with Crippen LogP contribution in [0, 0.1) is 5.92 Å². The number of hydrogen-bond acceptors (Lipinski definition) is 3. The van der Waals surface area contributed by atoms with Gasteiger partial charge in [-0.3, -0.25) is 4.79 Å². The molecule has 0 atom stereocenters. The van der Waals surface area contributed by atoms with E-state index >= 15 is 0 Å². The van der Waals surface area contributed by atoms with Crippen molar-refractivity contribution in [2.75, 3.05) is 18.1 Å². The molecule has 96 valence electrons. The second-order valence-electron chi connectivity index (χ2n) is 5.22. The molecule has 1 saturated carbocycles. The van der Waals surface area contributed by atoms with Gasteiger partial charge in [-0.15, -0.1) is 0 Å². The van der Waals surface area contributed by atoms with E-state index in [1.165, 1.54) is 18.4 Å². The average molecular weight is 255 g/mol. The maximum atomic E-state index is 11.7. The number of hydrogen-bond donors (Lipinski definition) is 2. The van der Waals surface area contributed by atoms with Crippen molar-refractivity contribution in [2.24, 2.45) is 5.92 Å². The molecule has 0 bridgehead atoms. The van der Waals surface area contributed by atoms with Gasteiger partial charge in [0, 0.05) is 12.6 Å². The molecule has 1 aliphatic heterocycles. The lowest BCUT2D eigenvalue weighted by Gasteiger charge is -2.31. The molecule has 0 aromatic carbocycles. The van der Waals surface area contributed by atoms with Crippen LogP contribution in [0.1, 0.15) is 32.6 Å². The number of carbonyl (C=O) groups excluding carboxylic acids is 1. The highest BCUT2D eigenvalue weighted by Gasteiger charge is 2.29. The summed E-state index contributed by atoms with van der Waals surface area (Å²) in [5, 5.41) is 13.1. The van der Waals surface area contributed by atoms with Gasteiger partial charge in [0.25, 0.3) is 0 Å². The predicted molar refractivity (Wildman–Crippen MR) is 71.0 cm³/mol. The van der Waals surface area contributed by atoms with E-state index in [1.807, 2.05) is 18.7 Å². The molecular weight excluding hydrogens is 234 g/mol. The summed E-state index contributed by atoms with van der Waals surface area (Å²) in [4.78, 5) is 11.7. The van der Waals surface area contributed by atoms with Crippen molar-refractivity contribution in [3.05, 3.63) is 11.6 Å².